The van der Waals surface area contributed by atoms with Gasteiger partial charge in [0.1, 0.15) is 17.3 Å². The number of benzene rings is 3. The zero-order valence-corrected chi connectivity index (χ0v) is 17.3. The van der Waals surface area contributed by atoms with Gasteiger partial charge in [-0.3, -0.25) is 4.79 Å². The third-order valence-corrected chi connectivity index (χ3v) is 6.32. The van der Waals surface area contributed by atoms with E-state index in [2.05, 4.69) is 11.9 Å². The Balaban J connectivity index is 1.77. The van der Waals surface area contributed by atoms with Crippen LogP contribution in [-0.2, 0) is 16.6 Å². The molecule has 8 heteroatoms. The fraction of sp³-hybridized carbons (Fsp3) is 0.0870. The molecule has 0 spiro atoms. The van der Waals surface area contributed by atoms with Crippen molar-refractivity contribution in [3.8, 4) is 0 Å². The first kappa shape index (κ1) is 22.3. The number of nitrogens with zero attached hydrogens (tertiary/aromatic N) is 1. The fourth-order valence-electron chi connectivity index (χ4n) is 2.90. The van der Waals surface area contributed by atoms with Crippen molar-refractivity contribution >= 4 is 21.6 Å². The predicted molar refractivity (Wildman–Crippen MR) is 115 cm³/mol. The van der Waals surface area contributed by atoms with Crippen LogP contribution in [0.5, 0.6) is 0 Å². The van der Waals surface area contributed by atoms with E-state index in [0.717, 1.165) is 12.1 Å². The summed E-state index contributed by atoms with van der Waals surface area (Å²) in [6.45, 7) is 3.79. The molecule has 0 saturated heterocycles. The lowest BCUT2D eigenvalue weighted by atomic mass is 10.1. The van der Waals surface area contributed by atoms with E-state index in [1.54, 1.807) is 30.3 Å². The molecule has 5 nitrogen and oxygen atoms in total. The number of para-hydroxylation sites is 1. The highest BCUT2D eigenvalue weighted by Crippen LogP contribution is 2.21. The normalized spacial score (nSPS) is 11.3. The second kappa shape index (κ2) is 9.63. The Hall–Kier alpha value is -3.36. The minimum atomic E-state index is -3.74. The Morgan fingerprint density at radius 3 is 2.13 bits per heavy atom. The second-order valence-electron chi connectivity index (χ2n) is 6.65. The summed E-state index contributed by atoms with van der Waals surface area (Å²) in [4.78, 5) is 12.5. The van der Waals surface area contributed by atoms with E-state index in [9.17, 15) is 22.0 Å². The first-order valence-electron chi connectivity index (χ1n) is 9.33. The van der Waals surface area contributed by atoms with Crippen LogP contribution in [0.25, 0.3) is 0 Å². The van der Waals surface area contributed by atoms with Crippen molar-refractivity contribution in [2.45, 2.75) is 11.4 Å². The van der Waals surface area contributed by atoms with Gasteiger partial charge in [0.15, 0.2) is 0 Å². The van der Waals surface area contributed by atoms with Crippen molar-refractivity contribution < 1.29 is 22.0 Å². The number of hydrogen-bond donors (Lipinski definition) is 1. The molecule has 0 aromatic heterocycles. The first-order chi connectivity index (χ1) is 14.8. The van der Waals surface area contributed by atoms with Gasteiger partial charge in [0.05, 0.1) is 4.90 Å². The summed E-state index contributed by atoms with van der Waals surface area (Å²) >= 11 is 0. The Kier molecular flexibility index (Phi) is 6.94. The molecule has 3 aromatic rings. The first-order valence-corrected chi connectivity index (χ1v) is 10.8. The van der Waals surface area contributed by atoms with Crippen molar-refractivity contribution in [2.24, 2.45) is 0 Å². The third kappa shape index (κ3) is 5.22. The maximum atomic E-state index is 13.7. The van der Waals surface area contributed by atoms with Gasteiger partial charge in [-0.25, -0.2) is 17.2 Å². The fourth-order valence-corrected chi connectivity index (χ4v) is 4.32. The number of carbonyl (C=O) groups excluding carboxylic acids is 1. The van der Waals surface area contributed by atoms with Gasteiger partial charge in [0.25, 0.3) is 5.91 Å². The Morgan fingerprint density at radius 1 is 0.935 bits per heavy atom. The van der Waals surface area contributed by atoms with E-state index in [1.165, 1.54) is 40.7 Å². The molecule has 3 rings (SSSR count). The van der Waals surface area contributed by atoms with Crippen molar-refractivity contribution in [1.82, 2.24) is 4.31 Å². The Bertz CT molecular complexity index is 1160. The summed E-state index contributed by atoms with van der Waals surface area (Å²) < 4.78 is 54.6. The van der Waals surface area contributed by atoms with Gasteiger partial charge in [-0.1, -0.05) is 42.5 Å². The number of rotatable bonds is 8. The van der Waals surface area contributed by atoms with Crippen molar-refractivity contribution in [3.63, 3.8) is 0 Å². The maximum Gasteiger partial charge on any atom is 0.255 e. The summed E-state index contributed by atoms with van der Waals surface area (Å²) in [7, 11) is -3.74. The summed E-state index contributed by atoms with van der Waals surface area (Å²) in [5.41, 5.74) is 0.283. The molecule has 0 aliphatic carbocycles. The molecule has 3 aromatic carbocycles. The number of amides is 1. The highest BCUT2D eigenvalue weighted by molar-refractivity contribution is 7.89. The molecule has 0 aliphatic heterocycles. The largest absolute Gasteiger partial charge is 0.317 e. The molecule has 31 heavy (non-hydrogen) atoms. The highest BCUT2D eigenvalue weighted by Gasteiger charge is 2.23. The summed E-state index contributed by atoms with van der Waals surface area (Å²) in [6.07, 6.45) is 1.49. The summed E-state index contributed by atoms with van der Waals surface area (Å²) in [6, 6.07) is 17.4. The van der Waals surface area contributed by atoms with Crippen LogP contribution in [0, 0.1) is 11.6 Å². The molecule has 0 aliphatic rings. The quantitative estimate of drug-likeness (QED) is 0.519. The molecule has 160 valence electrons. The summed E-state index contributed by atoms with van der Waals surface area (Å²) in [5.74, 6) is -2.44. The number of nitrogens with one attached hydrogen (secondary N) is 1. The van der Waals surface area contributed by atoms with Gasteiger partial charge in [0, 0.05) is 18.7 Å². The predicted octanol–water partition coefficient (Wildman–Crippen LogP) is 4.59. The van der Waals surface area contributed by atoms with Crippen molar-refractivity contribution in [2.75, 3.05) is 11.9 Å². The second-order valence-corrected chi connectivity index (χ2v) is 8.58. The molecule has 0 unspecified atom stereocenters. The minimum absolute atomic E-state index is 0.0626. The van der Waals surface area contributed by atoms with Crippen LogP contribution < -0.4 is 5.32 Å². The number of carbonyl (C=O) groups is 1. The van der Waals surface area contributed by atoms with Gasteiger partial charge in [0.2, 0.25) is 10.0 Å². The van der Waals surface area contributed by atoms with Crippen LogP contribution in [-0.4, -0.2) is 25.2 Å². The van der Waals surface area contributed by atoms with Crippen LogP contribution in [0.2, 0.25) is 0 Å². The molecule has 0 fully saturated rings. The average Bonchev–Trinajstić information content (AvgIpc) is 2.77. The molecule has 0 radical (unpaired) electrons. The Labute approximate surface area is 179 Å². The molecule has 1 N–H and O–H groups in total. The van der Waals surface area contributed by atoms with Crippen molar-refractivity contribution in [3.05, 3.63) is 108 Å². The lowest BCUT2D eigenvalue weighted by Crippen LogP contribution is -2.30. The van der Waals surface area contributed by atoms with Gasteiger partial charge in [-0.15, -0.1) is 6.58 Å². The van der Waals surface area contributed by atoms with Gasteiger partial charge in [-0.2, -0.15) is 4.31 Å². The summed E-state index contributed by atoms with van der Waals surface area (Å²) in [5, 5.41) is 2.21. The van der Waals surface area contributed by atoms with Crippen LogP contribution >= 0.6 is 0 Å². The number of sulfonamides is 1. The number of anilines is 1. The van der Waals surface area contributed by atoms with E-state index in [1.807, 2.05) is 0 Å². The zero-order chi connectivity index (χ0) is 22.4. The van der Waals surface area contributed by atoms with E-state index in [0.29, 0.717) is 5.56 Å². The Morgan fingerprint density at radius 2 is 1.55 bits per heavy atom. The smallest absolute Gasteiger partial charge is 0.255 e. The molecule has 0 heterocycles. The number of halogens is 2. The molecule has 0 saturated carbocycles. The monoisotopic (exact) mass is 442 g/mol. The minimum Gasteiger partial charge on any atom is -0.317 e. The molecule has 0 bridgehead atoms. The van der Waals surface area contributed by atoms with E-state index in [-0.39, 0.29) is 23.5 Å². The topological polar surface area (TPSA) is 66.5 Å². The van der Waals surface area contributed by atoms with E-state index in [4.69, 9.17) is 0 Å². The molecule has 0 atom stereocenters. The van der Waals surface area contributed by atoms with Crippen LogP contribution in [0.3, 0.4) is 0 Å². The third-order valence-electron chi connectivity index (χ3n) is 4.49. The molecule has 1 amide bonds. The lowest BCUT2D eigenvalue weighted by Gasteiger charge is -2.21. The molecular weight excluding hydrogens is 422 g/mol. The van der Waals surface area contributed by atoms with Gasteiger partial charge in [-0.05, 0) is 42.0 Å². The van der Waals surface area contributed by atoms with E-state index < -0.39 is 33.3 Å². The van der Waals surface area contributed by atoms with Crippen LogP contribution in [0.1, 0.15) is 15.9 Å². The lowest BCUT2D eigenvalue weighted by molar-refractivity contribution is 0.102. The zero-order valence-electron chi connectivity index (χ0n) is 16.5. The average molecular weight is 442 g/mol. The highest BCUT2D eigenvalue weighted by atomic mass is 32.2. The maximum absolute atomic E-state index is 13.7. The standard InChI is InChI=1S/C23H20F2N2O3S/c1-2-15-27(31(29,30)19-7-4-3-5-8-19)16-17-11-13-18(14-12-17)23(28)26-22-20(24)9-6-10-21(22)25/h2-14H,1,15-16H2,(H,26,28). The van der Waals surface area contributed by atoms with E-state index >= 15 is 0 Å². The van der Waals surface area contributed by atoms with Crippen molar-refractivity contribution in [1.29, 1.82) is 0 Å². The number of hydrogen-bond acceptors (Lipinski definition) is 3. The SMILES string of the molecule is C=CCN(Cc1ccc(C(=O)Nc2c(F)cccc2F)cc1)S(=O)(=O)c1ccccc1. The van der Waals surface area contributed by atoms with Gasteiger partial charge < -0.3 is 5.32 Å². The van der Waals surface area contributed by atoms with Crippen LogP contribution in [0.15, 0.2) is 90.3 Å². The van der Waals surface area contributed by atoms with Gasteiger partial charge >= 0.3 is 0 Å². The van der Waals surface area contributed by atoms with Crippen LogP contribution in [0.4, 0.5) is 14.5 Å². The molecular formula is C23H20F2N2O3S.